The lowest BCUT2D eigenvalue weighted by molar-refractivity contribution is 0.191. The van der Waals surface area contributed by atoms with Gasteiger partial charge in [0.05, 0.1) is 12.6 Å². The van der Waals surface area contributed by atoms with Gasteiger partial charge in [0.2, 0.25) is 0 Å². The molecule has 1 aromatic heterocycles. The van der Waals surface area contributed by atoms with Crippen molar-refractivity contribution in [3.05, 3.63) is 22.4 Å². The van der Waals surface area contributed by atoms with Crippen LogP contribution in [0.3, 0.4) is 0 Å². The highest BCUT2D eigenvalue weighted by Crippen LogP contribution is 2.29. The Morgan fingerprint density at radius 2 is 2.47 bits per heavy atom. The minimum atomic E-state index is 0.522. The fourth-order valence-electron chi connectivity index (χ4n) is 2.59. The van der Waals surface area contributed by atoms with E-state index < -0.39 is 0 Å². The Hall–Kier alpha value is -0.890. The lowest BCUT2D eigenvalue weighted by Crippen LogP contribution is -2.48. The molecule has 0 saturated carbocycles. The predicted octanol–water partition coefficient (Wildman–Crippen LogP) is 2.04. The quantitative estimate of drug-likeness (QED) is 0.830. The van der Waals surface area contributed by atoms with E-state index in [4.69, 9.17) is 5.26 Å². The maximum Gasteiger partial charge on any atom is 0.0866 e. The van der Waals surface area contributed by atoms with E-state index in [2.05, 4.69) is 40.7 Å². The van der Waals surface area contributed by atoms with Crippen LogP contribution in [0.25, 0.3) is 0 Å². The molecule has 1 fully saturated rings. The van der Waals surface area contributed by atoms with E-state index in [0.29, 0.717) is 18.5 Å². The molecule has 1 aliphatic rings. The summed E-state index contributed by atoms with van der Waals surface area (Å²) in [5.74, 6) is 0.584. The number of nitrogens with one attached hydrogen (secondary N) is 1. The topological polar surface area (TPSA) is 39.1 Å². The van der Waals surface area contributed by atoms with E-state index in [1.807, 2.05) is 11.3 Å². The van der Waals surface area contributed by atoms with E-state index in [1.54, 1.807) is 0 Å². The number of nitriles is 1. The number of thiophene rings is 1. The Balaban J connectivity index is 2.04. The van der Waals surface area contributed by atoms with Crippen LogP contribution in [0, 0.1) is 11.3 Å². The lowest BCUT2D eigenvalue weighted by Gasteiger charge is -2.36. The Labute approximate surface area is 107 Å². The molecule has 2 unspecified atom stereocenters. The molecule has 1 aromatic rings. The van der Waals surface area contributed by atoms with E-state index >= 15 is 0 Å². The number of rotatable bonds is 4. The molecule has 2 rings (SSSR count). The average molecular weight is 249 g/mol. The number of hydrogen-bond donors (Lipinski definition) is 1. The molecule has 2 atom stereocenters. The summed E-state index contributed by atoms with van der Waals surface area (Å²) in [5, 5.41) is 14.5. The molecule has 92 valence electrons. The van der Waals surface area contributed by atoms with Crippen molar-refractivity contribution >= 4 is 11.3 Å². The first-order valence-corrected chi connectivity index (χ1v) is 7.07. The van der Waals surface area contributed by atoms with Gasteiger partial charge in [0.25, 0.3) is 0 Å². The number of likely N-dealkylation sites (N-methyl/N-ethyl adjacent to an activating group) is 1. The van der Waals surface area contributed by atoms with E-state index in [1.165, 1.54) is 11.3 Å². The molecule has 2 heterocycles. The highest BCUT2D eigenvalue weighted by Gasteiger charge is 2.27. The van der Waals surface area contributed by atoms with Crippen molar-refractivity contribution in [2.75, 3.05) is 26.2 Å². The normalized spacial score (nSPS) is 25.6. The summed E-state index contributed by atoms with van der Waals surface area (Å²) < 4.78 is 0. The Kier molecular flexibility index (Phi) is 4.55. The Morgan fingerprint density at radius 1 is 1.59 bits per heavy atom. The average Bonchev–Trinajstić information content (AvgIpc) is 2.83. The van der Waals surface area contributed by atoms with Crippen LogP contribution in [-0.4, -0.2) is 37.1 Å². The molecule has 1 saturated heterocycles. The SMILES string of the molecule is CCNC1CC(c2cccs2)CN(CC#N)C1. The second kappa shape index (κ2) is 6.15. The summed E-state index contributed by atoms with van der Waals surface area (Å²) in [7, 11) is 0. The third-order valence-electron chi connectivity index (χ3n) is 3.26. The predicted molar refractivity (Wildman–Crippen MR) is 71.2 cm³/mol. The van der Waals surface area contributed by atoms with Crippen LogP contribution in [0.4, 0.5) is 0 Å². The molecular formula is C13H19N3S. The first-order chi connectivity index (χ1) is 8.33. The summed E-state index contributed by atoms with van der Waals surface area (Å²) in [6, 6.07) is 7.12. The molecule has 0 amide bonds. The largest absolute Gasteiger partial charge is 0.313 e. The summed E-state index contributed by atoms with van der Waals surface area (Å²) in [4.78, 5) is 3.72. The number of piperidine rings is 1. The maximum atomic E-state index is 8.84. The molecular weight excluding hydrogens is 230 g/mol. The van der Waals surface area contributed by atoms with Crippen molar-refractivity contribution in [3.8, 4) is 6.07 Å². The fourth-order valence-corrected chi connectivity index (χ4v) is 3.42. The van der Waals surface area contributed by atoms with Gasteiger partial charge >= 0.3 is 0 Å². The van der Waals surface area contributed by atoms with Crippen LogP contribution in [0.15, 0.2) is 17.5 Å². The maximum absolute atomic E-state index is 8.84. The second-order valence-electron chi connectivity index (χ2n) is 4.55. The lowest BCUT2D eigenvalue weighted by atomic mass is 9.93. The van der Waals surface area contributed by atoms with Crippen LogP contribution < -0.4 is 5.32 Å². The monoisotopic (exact) mass is 249 g/mol. The summed E-state index contributed by atoms with van der Waals surface area (Å²) in [5.41, 5.74) is 0. The van der Waals surface area contributed by atoms with Crippen molar-refractivity contribution in [2.24, 2.45) is 0 Å². The summed E-state index contributed by atoms with van der Waals surface area (Å²) in [6.45, 7) is 5.72. The standard InChI is InChI=1S/C13H19N3S/c1-2-15-12-8-11(13-4-3-7-17-13)9-16(10-12)6-5-14/h3-4,7,11-12,15H,2,6,8-10H2,1H3. The Morgan fingerprint density at radius 3 is 3.12 bits per heavy atom. The first-order valence-electron chi connectivity index (χ1n) is 6.19. The van der Waals surface area contributed by atoms with E-state index in [9.17, 15) is 0 Å². The van der Waals surface area contributed by atoms with Gasteiger partial charge in [-0.15, -0.1) is 11.3 Å². The molecule has 3 nitrogen and oxygen atoms in total. The third kappa shape index (κ3) is 3.29. The van der Waals surface area contributed by atoms with Gasteiger partial charge in [-0.3, -0.25) is 4.90 Å². The van der Waals surface area contributed by atoms with Gasteiger partial charge in [-0.1, -0.05) is 13.0 Å². The number of likely N-dealkylation sites (tertiary alicyclic amines) is 1. The molecule has 0 radical (unpaired) electrons. The van der Waals surface area contributed by atoms with E-state index in [-0.39, 0.29) is 0 Å². The zero-order valence-corrected chi connectivity index (χ0v) is 11.0. The molecule has 0 aromatic carbocycles. The molecule has 1 aliphatic heterocycles. The molecule has 4 heteroatoms. The number of hydrogen-bond acceptors (Lipinski definition) is 4. The smallest absolute Gasteiger partial charge is 0.0866 e. The van der Waals surface area contributed by atoms with Crippen LogP contribution in [0.5, 0.6) is 0 Å². The van der Waals surface area contributed by atoms with Crippen molar-refractivity contribution in [3.63, 3.8) is 0 Å². The zero-order valence-electron chi connectivity index (χ0n) is 10.2. The molecule has 0 spiro atoms. The van der Waals surface area contributed by atoms with Crippen molar-refractivity contribution < 1.29 is 0 Å². The first kappa shape index (κ1) is 12.6. The van der Waals surface area contributed by atoms with Gasteiger partial charge < -0.3 is 5.32 Å². The number of nitrogens with zero attached hydrogens (tertiary/aromatic N) is 2. The summed E-state index contributed by atoms with van der Waals surface area (Å²) >= 11 is 1.83. The van der Waals surface area contributed by atoms with Gasteiger partial charge in [-0.05, 0) is 24.4 Å². The van der Waals surface area contributed by atoms with Gasteiger partial charge in [0, 0.05) is 29.9 Å². The van der Waals surface area contributed by atoms with Crippen LogP contribution in [-0.2, 0) is 0 Å². The second-order valence-corrected chi connectivity index (χ2v) is 5.53. The van der Waals surface area contributed by atoms with Crippen molar-refractivity contribution in [2.45, 2.75) is 25.3 Å². The fraction of sp³-hybridized carbons (Fsp3) is 0.615. The van der Waals surface area contributed by atoms with Crippen LogP contribution >= 0.6 is 11.3 Å². The van der Waals surface area contributed by atoms with Gasteiger partial charge in [-0.25, -0.2) is 0 Å². The van der Waals surface area contributed by atoms with Crippen molar-refractivity contribution in [1.29, 1.82) is 5.26 Å². The molecule has 0 bridgehead atoms. The highest BCUT2D eigenvalue weighted by molar-refractivity contribution is 7.10. The van der Waals surface area contributed by atoms with Gasteiger partial charge in [-0.2, -0.15) is 5.26 Å². The minimum Gasteiger partial charge on any atom is -0.313 e. The summed E-state index contributed by atoms with van der Waals surface area (Å²) in [6.07, 6.45) is 1.19. The molecule has 17 heavy (non-hydrogen) atoms. The van der Waals surface area contributed by atoms with Gasteiger partial charge in [0.1, 0.15) is 0 Å². The molecule has 0 aliphatic carbocycles. The van der Waals surface area contributed by atoms with Gasteiger partial charge in [0.15, 0.2) is 0 Å². The zero-order chi connectivity index (χ0) is 12.1. The molecule has 1 N–H and O–H groups in total. The van der Waals surface area contributed by atoms with Crippen LogP contribution in [0.2, 0.25) is 0 Å². The van der Waals surface area contributed by atoms with Crippen LogP contribution in [0.1, 0.15) is 24.1 Å². The van der Waals surface area contributed by atoms with Crippen molar-refractivity contribution in [1.82, 2.24) is 10.2 Å². The third-order valence-corrected chi connectivity index (χ3v) is 4.29. The Bertz CT molecular complexity index is 369. The minimum absolute atomic E-state index is 0.522. The van der Waals surface area contributed by atoms with E-state index in [0.717, 1.165) is 19.6 Å². The highest BCUT2D eigenvalue weighted by atomic mass is 32.1.